The zero-order valence-electron chi connectivity index (χ0n) is 9.59. The average molecular weight is 230 g/mol. The molecule has 1 aliphatic rings. The smallest absolute Gasteiger partial charge is 0.270 e. The molecule has 0 radical (unpaired) electrons. The maximum absolute atomic E-state index is 14.0. The van der Waals surface area contributed by atoms with Crippen molar-refractivity contribution in [1.29, 1.82) is 0 Å². The van der Waals surface area contributed by atoms with Crippen LogP contribution in [0, 0.1) is 5.82 Å². The van der Waals surface area contributed by atoms with Gasteiger partial charge in [0.25, 0.3) is 5.56 Å². The summed E-state index contributed by atoms with van der Waals surface area (Å²) in [5, 5.41) is 0. The third kappa shape index (κ3) is 1.66. The molecule has 0 unspecified atom stereocenters. The van der Waals surface area contributed by atoms with Crippen molar-refractivity contribution < 1.29 is 4.39 Å². The molecule has 3 rings (SSSR count). The lowest BCUT2D eigenvalue weighted by Gasteiger charge is -2.05. The van der Waals surface area contributed by atoms with Crippen molar-refractivity contribution in [3.8, 4) is 0 Å². The first-order chi connectivity index (χ1) is 8.20. The van der Waals surface area contributed by atoms with Gasteiger partial charge in [0.2, 0.25) is 0 Å². The molecule has 0 aliphatic heterocycles. The van der Waals surface area contributed by atoms with Gasteiger partial charge in [0.1, 0.15) is 19.1 Å². The van der Waals surface area contributed by atoms with Crippen LogP contribution in [0.25, 0.3) is 11.0 Å². The molecule has 1 saturated carbocycles. The zero-order valence-corrected chi connectivity index (χ0v) is 9.59. The summed E-state index contributed by atoms with van der Waals surface area (Å²) in [6, 6.07) is 3.51. The molecule has 0 saturated heterocycles. The van der Waals surface area contributed by atoms with E-state index in [1.165, 1.54) is 0 Å². The lowest BCUT2D eigenvalue weighted by molar-refractivity contribution is 0.625. The van der Waals surface area contributed by atoms with E-state index in [2.05, 4.69) is 9.97 Å². The van der Waals surface area contributed by atoms with Gasteiger partial charge >= 0.3 is 0 Å². The number of hydrogen-bond acceptors (Lipinski definition) is 2. The van der Waals surface area contributed by atoms with Crippen molar-refractivity contribution in [2.24, 2.45) is 0 Å². The molecule has 2 aromatic rings. The third-order valence-electron chi connectivity index (χ3n) is 3.26. The molecule has 86 valence electrons. The van der Waals surface area contributed by atoms with Gasteiger partial charge in [0.15, 0.2) is 5.82 Å². The largest absolute Gasteiger partial charge is 0.317 e. The van der Waals surface area contributed by atoms with Gasteiger partial charge in [-0.1, -0.05) is 12.4 Å². The van der Waals surface area contributed by atoms with Gasteiger partial charge in [-0.15, -0.1) is 0 Å². The number of nitrogens with zero attached hydrogens (tertiary/aromatic N) is 1. The lowest BCUT2D eigenvalue weighted by Crippen LogP contribution is -2.15. The molecule has 1 aromatic heterocycles. The van der Waals surface area contributed by atoms with Crippen molar-refractivity contribution in [3.63, 3.8) is 0 Å². The number of fused-ring (bicyclic) bond motifs is 1. The highest BCUT2D eigenvalue weighted by Crippen LogP contribution is 2.37. The number of halogens is 1. The second-order valence-corrected chi connectivity index (χ2v) is 4.51. The molecule has 1 aromatic carbocycles. The van der Waals surface area contributed by atoms with Crippen molar-refractivity contribution in [2.45, 2.75) is 25.1 Å². The average Bonchev–Trinajstić information content (AvgIpc) is 3.14. The van der Waals surface area contributed by atoms with Gasteiger partial charge in [-0.25, -0.2) is 9.37 Å². The molecule has 17 heavy (non-hydrogen) atoms. The summed E-state index contributed by atoms with van der Waals surface area (Å²) >= 11 is 0. The van der Waals surface area contributed by atoms with E-state index in [0.717, 1.165) is 12.8 Å². The Labute approximate surface area is 98.5 Å². The Balaban J connectivity index is 2.29. The van der Waals surface area contributed by atoms with E-state index < -0.39 is 0 Å². The summed E-state index contributed by atoms with van der Waals surface area (Å²) in [5.41, 5.74) is 1.70. The van der Waals surface area contributed by atoms with Crippen molar-refractivity contribution in [3.05, 3.63) is 39.6 Å². The van der Waals surface area contributed by atoms with Gasteiger partial charge in [-0.2, -0.15) is 0 Å². The van der Waals surface area contributed by atoms with Crippen LogP contribution < -0.4 is 5.56 Å². The zero-order chi connectivity index (χ0) is 12.0. The third-order valence-corrected chi connectivity index (χ3v) is 3.26. The normalized spacial score (nSPS) is 15.4. The fraction of sp³-hybridized carbons (Fsp3) is 0.333. The van der Waals surface area contributed by atoms with Gasteiger partial charge in [0.05, 0.1) is 5.52 Å². The minimum Gasteiger partial charge on any atom is -0.317 e. The lowest BCUT2D eigenvalue weighted by atomic mass is 9.96. The van der Waals surface area contributed by atoms with E-state index in [9.17, 15) is 9.18 Å². The molecule has 1 heterocycles. The molecule has 1 N–H and O–H groups in total. The van der Waals surface area contributed by atoms with Gasteiger partial charge in [-0.3, -0.25) is 4.79 Å². The Morgan fingerprint density at radius 2 is 2.24 bits per heavy atom. The van der Waals surface area contributed by atoms with E-state index in [0.29, 0.717) is 23.1 Å². The standard InChI is InChI=1S/C12H12BFN2O/c13-5-7-3-4-8-11(9(7)14)16-12(17)10(15-8)6-1-2-6/h3-4,6H,1-2,5,13H2,(H,16,17). The second-order valence-electron chi connectivity index (χ2n) is 4.51. The fourth-order valence-electron chi connectivity index (χ4n) is 2.09. The van der Waals surface area contributed by atoms with Gasteiger partial charge in [-0.05, 0) is 24.5 Å². The van der Waals surface area contributed by atoms with E-state index in [-0.39, 0.29) is 22.8 Å². The number of benzene rings is 1. The Bertz CT molecular complexity index is 649. The topological polar surface area (TPSA) is 45.8 Å². The van der Waals surface area contributed by atoms with Crippen molar-refractivity contribution in [2.75, 3.05) is 0 Å². The maximum Gasteiger partial charge on any atom is 0.270 e. The highest BCUT2D eigenvalue weighted by Gasteiger charge is 2.28. The van der Waals surface area contributed by atoms with E-state index in [1.807, 2.05) is 7.85 Å². The van der Waals surface area contributed by atoms with Crippen LogP contribution >= 0.6 is 0 Å². The minimum atomic E-state index is -0.350. The van der Waals surface area contributed by atoms with Gasteiger partial charge < -0.3 is 4.98 Å². The molecule has 0 atom stereocenters. The first kappa shape index (κ1) is 10.5. The Kier molecular flexibility index (Phi) is 2.28. The quantitative estimate of drug-likeness (QED) is 0.784. The molecular weight excluding hydrogens is 218 g/mol. The molecule has 1 aliphatic carbocycles. The molecule has 0 bridgehead atoms. The van der Waals surface area contributed by atoms with Crippen LogP contribution in [-0.2, 0) is 6.32 Å². The predicted molar refractivity (Wildman–Crippen MR) is 66.5 cm³/mol. The van der Waals surface area contributed by atoms with Crippen LogP contribution in [0.5, 0.6) is 0 Å². The molecular formula is C12H12BFN2O. The van der Waals surface area contributed by atoms with E-state index >= 15 is 0 Å². The Morgan fingerprint density at radius 3 is 2.88 bits per heavy atom. The summed E-state index contributed by atoms with van der Waals surface area (Å²) in [6.07, 6.45) is 2.63. The SMILES string of the molecule is BCc1ccc2nc(C3CC3)c(=O)[nH]c2c1F. The van der Waals surface area contributed by atoms with Crippen LogP contribution in [0.4, 0.5) is 4.39 Å². The van der Waals surface area contributed by atoms with Gasteiger partial charge in [0, 0.05) is 5.92 Å². The molecule has 0 amide bonds. The number of H-pyrrole nitrogens is 1. The highest BCUT2D eigenvalue weighted by atomic mass is 19.1. The van der Waals surface area contributed by atoms with E-state index in [4.69, 9.17) is 0 Å². The first-order valence-corrected chi connectivity index (χ1v) is 5.92. The predicted octanol–water partition coefficient (Wildman–Crippen LogP) is 1.07. The summed E-state index contributed by atoms with van der Waals surface area (Å²) in [7, 11) is 1.88. The number of aromatic amines is 1. The summed E-state index contributed by atoms with van der Waals surface area (Å²) in [5.74, 6) is -0.0750. The van der Waals surface area contributed by atoms with Crippen molar-refractivity contribution in [1.82, 2.24) is 9.97 Å². The molecule has 0 spiro atoms. The monoisotopic (exact) mass is 230 g/mol. The summed E-state index contributed by atoms with van der Waals surface area (Å²) in [6.45, 7) is 0. The number of hydrogen-bond donors (Lipinski definition) is 1. The van der Waals surface area contributed by atoms with Crippen LogP contribution in [0.15, 0.2) is 16.9 Å². The molecule has 3 nitrogen and oxygen atoms in total. The van der Waals surface area contributed by atoms with Crippen LogP contribution in [0.2, 0.25) is 0 Å². The Hall–Kier alpha value is -1.65. The Morgan fingerprint density at radius 1 is 1.47 bits per heavy atom. The first-order valence-electron chi connectivity index (χ1n) is 5.92. The fourth-order valence-corrected chi connectivity index (χ4v) is 2.09. The van der Waals surface area contributed by atoms with Crippen molar-refractivity contribution >= 4 is 18.9 Å². The van der Waals surface area contributed by atoms with Crippen LogP contribution in [0.1, 0.15) is 30.0 Å². The summed E-state index contributed by atoms with van der Waals surface area (Å²) < 4.78 is 14.0. The highest BCUT2D eigenvalue weighted by molar-refractivity contribution is 6.08. The summed E-state index contributed by atoms with van der Waals surface area (Å²) in [4.78, 5) is 18.7. The minimum absolute atomic E-state index is 0.235. The number of nitrogens with one attached hydrogen (secondary N) is 1. The maximum atomic E-state index is 14.0. The van der Waals surface area contributed by atoms with E-state index in [1.54, 1.807) is 12.1 Å². The molecule has 5 heteroatoms. The number of rotatable bonds is 2. The second kappa shape index (κ2) is 3.69. The molecule has 1 fully saturated rings. The number of aromatic nitrogens is 2. The van der Waals surface area contributed by atoms with Crippen LogP contribution in [0.3, 0.4) is 0 Å². The van der Waals surface area contributed by atoms with Crippen LogP contribution in [-0.4, -0.2) is 17.8 Å².